The Kier molecular flexibility index (Phi) is 6.73. The molecule has 0 saturated heterocycles. The fraction of sp³-hybridized carbons (Fsp3) is 0.185. The lowest BCUT2D eigenvalue weighted by atomic mass is 9.84. The van der Waals surface area contributed by atoms with E-state index in [2.05, 4.69) is 68.8 Å². The average molecular weight is 416 g/mol. The molecule has 2 aromatic rings. The molecule has 1 aliphatic heterocycles. The van der Waals surface area contributed by atoms with Crippen molar-refractivity contribution >= 4 is 17.4 Å². The van der Waals surface area contributed by atoms with E-state index in [-0.39, 0.29) is 11.2 Å². The van der Waals surface area contributed by atoms with Crippen LogP contribution in [0.15, 0.2) is 107 Å². The first-order chi connectivity index (χ1) is 14.3. The van der Waals surface area contributed by atoms with Gasteiger partial charge in [-0.2, -0.15) is 0 Å². The first-order valence-corrected chi connectivity index (χ1v) is 10.8. The summed E-state index contributed by atoms with van der Waals surface area (Å²) in [7, 11) is 2.13. The van der Waals surface area contributed by atoms with Crippen molar-refractivity contribution in [2.45, 2.75) is 31.1 Å². The Labute approximate surface area is 184 Å². The van der Waals surface area contributed by atoms with Gasteiger partial charge in [0, 0.05) is 33.6 Å². The number of para-hydroxylation sites is 1. The zero-order valence-electron chi connectivity index (χ0n) is 18.1. The van der Waals surface area contributed by atoms with Gasteiger partial charge in [-0.05, 0) is 48.4 Å². The topological polar surface area (TPSA) is 23.5 Å². The Bertz CT molecular complexity index is 1060. The molecule has 1 N–H and O–H groups in total. The van der Waals surface area contributed by atoms with Gasteiger partial charge in [-0.1, -0.05) is 86.8 Å². The minimum Gasteiger partial charge on any atom is -0.508 e. The van der Waals surface area contributed by atoms with E-state index in [1.807, 2.05) is 43.4 Å². The highest BCUT2D eigenvalue weighted by atomic mass is 32.2. The second-order valence-electron chi connectivity index (χ2n) is 7.90. The van der Waals surface area contributed by atoms with Gasteiger partial charge < -0.3 is 10.0 Å². The quantitative estimate of drug-likeness (QED) is 0.396. The van der Waals surface area contributed by atoms with Crippen molar-refractivity contribution in [3.63, 3.8) is 0 Å². The lowest BCUT2D eigenvalue weighted by Gasteiger charge is -2.23. The molecule has 2 aromatic carbocycles. The van der Waals surface area contributed by atoms with Crippen LogP contribution in [0, 0.1) is 6.92 Å². The van der Waals surface area contributed by atoms with E-state index in [1.54, 1.807) is 23.9 Å². The molecule has 0 spiro atoms. The van der Waals surface area contributed by atoms with Gasteiger partial charge >= 0.3 is 0 Å². The van der Waals surface area contributed by atoms with E-state index in [9.17, 15) is 5.11 Å². The third-order valence-electron chi connectivity index (χ3n) is 5.33. The van der Waals surface area contributed by atoms with Crippen LogP contribution in [-0.2, 0) is 5.41 Å². The van der Waals surface area contributed by atoms with Gasteiger partial charge in [-0.25, -0.2) is 0 Å². The summed E-state index contributed by atoms with van der Waals surface area (Å²) in [5, 5.41) is 9.64. The summed E-state index contributed by atoms with van der Waals surface area (Å²) in [4.78, 5) is 4.21. The minimum absolute atomic E-state index is 0.00172. The molecule has 0 amide bonds. The normalized spacial score (nSPS) is 16.9. The third kappa shape index (κ3) is 4.80. The number of aryl methyl sites for hydroxylation is 1. The molecule has 0 saturated carbocycles. The molecule has 0 unspecified atom stereocenters. The third-order valence-corrected chi connectivity index (χ3v) is 6.39. The summed E-state index contributed by atoms with van der Waals surface area (Å²) < 4.78 is 0. The van der Waals surface area contributed by atoms with Gasteiger partial charge in [-0.15, -0.1) is 0 Å². The van der Waals surface area contributed by atoms with Crippen molar-refractivity contribution in [3.05, 3.63) is 113 Å². The number of anilines is 1. The second kappa shape index (κ2) is 9.27. The van der Waals surface area contributed by atoms with Crippen molar-refractivity contribution in [1.29, 1.82) is 0 Å². The van der Waals surface area contributed by atoms with Crippen LogP contribution in [0.2, 0.25) is 0 Å². The molecule has 0 fully saturated rings. The number of nitrogens with zero attached hydrogens (tertiary/aromatic N) is 1. The molecular weight excluding hydrogens is 386 g/mol. The highest BCUT2D eigenvalue weighted by molar-refractivity contribution is 8.03. The van der Waals surface area contributed by atoms with Crippen LogP contribution in [-0.4, -0.2) is 12.2 Å². The van der Waals surface area contributed by atoms with Crippen LogP contribution < -0.4 is 4.90 Å². The number of phenols is 1. The maximum absolute atomic E-state index is 9.64. The van der Waals surface area contributed by atoms with Crippen molar-refractivity contribution in [1.82, 2.24) is 0 Å². The molecular formula is C27H29NOS. The Morgan fingerprint density at radius 3 is 2.50 bits per heavy atom. The molecule has 3 rings (SSSR count). The smallest absolute Gasteiger partial charge is 0.116 e. The molecule has 1 aliphatic rings. The number of hydrogen-bond acceptors (Lipinski definition) is 3. The standard InChI is InChI=1S/C27H29NOS/c1-20-17-18-22(29)19-25(20)30-21(2)13-9-7-6-8-10-16-26-27(3,4)23-14-11-12-15-24(23)28(26)5/h6-19,29H,2H2,1,3-5H3/b7-6+,10-8+,13-9+,26-16+. The van der Waals surface area contributed by atoms with Gasteiger partial charge in [-0.3, -0.25) is 0 Å². The molecule has 0 bridgehead atoms. The van der Waals surface area contributed by atoms with E-state index in [0.717, 1.165) is 15.4 Å². The summed E-state index contributed by atoms with van der Waals surface area (Å²) in [5.41, 5.74) is 5.05. The van der Waals surface area contributed by atoms with Crippen LogP contribution >= 0.6 is 11.8 Å². The molecule has 154 valence electrons. The van der Waals surface area contributed by atoms with Crippen LogP contribution in [0.3, 0.4) is 0 Å². The lowest BCUT2D eigenvalue weighted by molar-refractivity contribution is 0.473. The first-order valence-electron chi connectivity index (χ1n) is 10.0. The van der Waals surface area contributed by atoms with Gasteiger partial charge in [0.15, 0.2) is 0 Å². The average Bonchev–Trinajstić information content (AvgIpc) is 2.90. The molecule has 3 heteroatoms. The van der Waals surface area contributed by atoms with E-state index < -0.39 is 0 Å². The number of rotatable bonds is 6. The first kappa shape index (κ1) is 21.8. The summed E-state index contributed by atoms with van der Waals surface area (Å²) in [5.74, 6) is 0.276. The molecule has 1 heterocycles. The molecule has 0 radical (unpaired) electrons. The number of aromatic hydroxyl groups is 1. The highest BCUT2D eigenvalue weighted by Gasteiger charge is 2.37. The number of hydrogen-bond donors (Lipinski definition) is 1. The predicted molar refractivity (Wildman–Crippen MR) is 131 cm³/mol. The SMILES string of the molecule is C=C(/C=C/C=C/C=C/C=C1/N(C)c2ccccc2C1(C)C)Sc1cc(O)ccc1C. The number of phenolic OH excluding ortho intramolecular Hbond substituents is 1. The van der Waals surface area contributed by atoms with Gasteiger partial charge in [0.05, 0.1) is 0 Å². The summed E-state index contributed by atoms with van der Waals surface area (Å²) in [6.07, 6.45) is 14.3. The number of allylic oxidation sites excluding steroid dienone is 8. The fourth-order valence-corrected chi connectivity index (χ4v) is 4.52. The van der Waals surface area contributed by atoms with E-state index in [0.29, 0.717) is 0 Å². The number of thioether (sulfide) groups is 1. The van der Waals surface area contributed by atoms with Crippen LogP contribution in [0.4, 0.5) is 5.69 Å². The van der Waals surface area contributed by atoms with Gasteiger partial charge in [0.2, 0.25) is 0 Å². The Hall–Kier alpha value is -2.91. The van der Waals surface area contributed by atoms with Gasteiger partial charge in [0.25, 0.3) is 0 Å². The number of fused-ring (bicyclic) bond motifs is 1. The van der Waals surface area contributed by atoms with Crippen molar-refractivity contribution in [3.8, 4) is 5.75 Å². The molecule has 0 aliphatic carbocycles. The fourth-order valence-electron chi connectivity index (χ4n) is 3.68. The molecule has 0 aromatic heterocycles. The highest BCUT2D eigenvalue weighted by Crippen LogP contribution is 2.46. The second-order valence-corrected chi connectivity index (χ2v) is 9.07. The van der Waals surface area contributed by atoms with Crippen LogP contribution in [0.1, 0.15) is 25.0 Å². The Morgan fingerprint density at radius 2 is 1.73 bits per heavy atom. The van der Waals surface area contributed by atoms with E-state index in [4.69, 9.17) is 0 Å². The van der Waals surface area contributed by atoms with Crippen molar-refractivity contribution < 1.29 is 5.11 Å². The molecule has 30 heavy (non-hydrogen) atoms. The minimum atomic E-state index is -0.00172. The maximum Gasteiger partial charge on any atom is 0.116 e. The van der Waals surface area contributed by atoms with Gasteiger partial charge in [0.1, 0.15) is 5.75 Å². The monoisotopic (exact) mass is 415 g/mol. The summed E-state index contributed by atoms with van der Waals surface area (Å²) in [6, 6.07) is 14.0. The summed E-state index contributed by atoms with van der Waals surface area (Å²) >= 11 is 1.56. The zero-order valence-corrected chi connectivity index (χ0v) is 18.9. The van der Waals surface area contributed by atoms with Crippen LogP contribution in [0.5, 0.6) is 5.75 Å². The Morgan fingerprint density at radius 1 is 1.03 bits per heavy atom. The molecule has 0 atom stereocenters. The van der Waals surface area contributed by atoms with Crippen LogP contribution in [0.25, 0.3) is 0 Å². The van der Waals surface area contributed by atoms with Crippen molar-refractivity contribution in [2.24, 2.45) is 0 Å². The predicted octanol–water partition coefficient (Wildman–Crippen LogP) is 7.29. The largest absolute Gasteiger partial charge is 0.508 e. The van der Waals surface area contributed by atoms with E-state index in [1.165, 1.54) is 16.9 Å². The maximum atomic E-state index is 9.64. The zero-order chi connectivity index (χ0) is 21.7. The number of benzene rings is 2. The number of likely N-dealkylation sites (N-methyl/N-ethyl adjacent to an activating group) is 1. The Balaban J connectivity index is 1.58. The summed E-state index contributed by atoms with van der Waals surface area (Å²) in [6.45, 7) is 10.6. The van der Waals surface area contributed by atoms with E-state index >= 15 is 0 Å². The molecule has 2 nitrogen and oxygen atoms in total. The van der Waals surface area contributed by atoms with Crippen molar-refractivity contribution in [2.75, 3.05) is 11.9 Å². The lowest BCUT2D eigenvalue weighted by Crippen LogP contribution is -2.22.